The molecule has 2 aromatic heterocycles. The number of hydrogen-bond acceptors (Lipinski definition) is 6. The van der Waals surface area contributed by atoms with Crippen LogP contribution in [-0.4, -0.2) is 50.6 Å². The maximum Gasteiger partial charge on any atom is 0.221 e. The van der Waals surface area contributed by atoms with Gasteiger partial charge in [0.2, 0.25) is 10.9 Å². The minimum absolute atomic E-state index is 0.101. The van der Waals surface area contributed by atoms with E-state index in [0.29, 0.717) is 31.6 Å². The Morgan fingerprint density at radius 1 is 1.36 bits per heavy atom. The number of aryl methyl sites for hydroxylation is 1. The minimum Gasteiger partial charge on any atom is -0.350 e. The largest absolute Gasteiger partial charge is 0.350 e. The smallest absolute Gasteiger partial charge is 0.221 e. The van der Waals surface area contributed by atoms with Gasteiger partial charge in [-0.15, -0.1) is 0 Å². The molecule has 136 valence electrons. The predicted molar refractivity (Wildman–Crippen MR) is 97.4 cm³/mol. The lowest BCUT2D eigenvalue weighted by molar-refractivity contribution is -0.122. The Balaban J connectivity index is 1.30. The van der Waals surface area contributed by atoms with E-state index in [1.165, 1.54) is 12.8 Å². The average molecular weight is 363 g/mol. The lowest BCUT2D eigenvalue weighted by Crippen LogP contribution is -2.43. The van der Waals surface area contributed by atoms with E-state index in [1.54, 1.807) is 15.9 Å². The Bertz CT molecular complexity index is 720. The number of hydrogen-bond donors (Lipinski definition) is 2. The Kier molecular flexibility index (Phi) is 4.75. The highest BCUT2D eigenvalue weighted by atomic mass is 32.1. The van der Waals surface area contributed by atoms with E-state index in [9.17, 15) is 4.79 Å². The van der Waals surface area contributed by atoms with Crippen molar-refractivity contribution in [3.05, 3.63) is 16.9 Å². The number of fused-ring (bicyclic) bond motifs is 1. The molecule has 7 nitrogen and oxygen atoms in total. The van der Waals surface area contributed by atoms with Crippen molar-refractivity contribution in [2.45, 2.75) is 57.7 Å². The number of carbonyl (C=O) groups is 1. The Hall–Kier alpha value is -1.51. The first-order valence-electron chi connectivity index (χ1n) is 9.16. The first-order chi connectivity index (χ1) is 12.1. The van der Waals surface area contributed by atoms with Crippen molar-refractivity contribution in [2.75, 3.05) is 13.1 Å². The number of nitrogens with two attached hydrogens (primary N) is 1. The number of carbonyl (C=O) groups excluding carboxylic acids is 1. The highest BCUT2D eigenvalue weighted by Crippen LogP contribution is 2.35. The van der Waals surface area contributed by atoms with Crippen LogP contribution in [0.25, 0.3) is 4.96 Å². The summed E-state index contributed by atoms with van der Waals surface area (Å²) in [4.78, 5) is 20.3. The van der Waals surface area contributed by atoms with Crippen LogP contribution in [0, 0.1) is 12.8 Å². The molecule has 1 aliphatic carbocycles. The third-order valence-electron chi connectivity index (χ3n) is 5.29. The predicted octanol–water partition coefficient (Wildman–Crippen LogP) is 1.31. The molecule has 1 amide bonds. The zero-order chi connectivity index (χ0) is 17.4. The highest BCUT2D eigenvalue weighted by Gasteiger charge is 2.37. The number of rotatable bonds is 7. The van der Waals surface area contributed by atoms with Crippen LogP contribution in [-0.2, 0) is 11.3 Å². The van der Waals surface area contributed by atoms with Gasteiger partial charge in [-0.1, -0.05) is 11.3 Å². The van der Waals surface area contributed by atoms with Crippen LogP contribution in [0.15, 0.2) is 6.20 Å². The van der Waals surface area contributed by atoms with Crippen molar-refractivity contribution in [1.82, 2.24) is 24.8 Å². The van der Waals surface area contributed by atoms with Gasteiger partial charge in [0, 0.05) is 31.6 Å². The van der Waals surface area contributed by atoms with Crippen LogP contribution < -0.4 is 11.1 Å². The Morgan fingerprint density at radius 3 is 2.88 bits per heavy atom. The number of imidazole rings is 1. The van der Waals surface area contributed by atoms with Crippen molar-refractivity contribution >= 4 is 22.2 Å². The van der Waals surface area contributed by atoms with Crippen LogP contribution in [0.5, 0.6) is 0 Å². The molecule has 0 unspecified atom stereocenters. The highest BCUT2D eigenvalue weighted by molar-refractivity contribution is 7.16. The number of nitrogens with zero attached hydrogens (tertiary/aromatic N) is 4. The van der Waals surface area contributed by atoms with Crippen LogP contribution in [0.2, 0.25) is 0 Å². The molecular formula is C17H26N6OS. The van der Waals surface area contributed by atoms with Gasteiger partial charge in [-0.3, -0.25) is 9.69 Å². The van der Waals surface area contributed by atoms with Crippen LogP contribution in [0.4, 0.5) is 0 Å². The summed E-state index contributed by atoms with van der Waals surface area (Å²) in [5.41, 5.74) is 6.78. The maximum atomic E-state index is 12.4. The summed E-state index contributed by atoms with van der Waals surface area (Å²) in [6, 6.07) is 0.789. The summed E-state index contributed by atoms with van der Waals surface area (Å²) in [6.07, 6.45) is 7.30. The number of likely N-dealkylation sites (tertiary alicyclic amines) is 1. The van der Waals surface area contributed by atoms with Crippen molar-refractivity contribution in [3.8, 4) is 0 Å². The van der Waals surface area contributed by atoms with Crippen LogP contribution in [0.1, 0.15) is 42.8 Å². The standard InChI is InChI=1S/C17H26N6OS/c1-11-21-23-10-13(20-17(23)25-11)8-19-16(24)6-14-4-5-15(7-18)22(14)9-12-2-3-12/h10,12,14-15H,2-9,18H2,1H3,(H,19,24)/t14-,15+/m0/s1. The summed E-state index contributed by atoms with van der Waals surface area (Å²) in [6.45, 7) is 4.23. The SMILES string of the molecule is Cc1nn2cc(CNC(=O)C[C@@H]3CC[C@H](CN)N3CC3CC3)nc2s1. The molecule has 0 spiro atoms. The lowest BCUT2D eigenvalue weighted by atomic mass is 10.1. The van der Waals surface area contributed by atoms with Crippen molar-refractivity contribution in [1.29, 1.82) is 0 Å². The first kappa shape index (κ1) is 16.9. The molecule has 0 radical (unpaired) electrons. The Morgan fingerprint density at radius 2 is 2.16 bits per heavy atom. The van der Waals surface area contributed by atoms with Gasteiger partial charge in [-0.2, -0.15) is 5.10 Å². The second-order valence-corrected chi connectivity index (χ2v) is 8.48. The third-order valence-corrected chi connectivity index (χ3v) is 6.13. The molecular weight excluding hydrogens is 336 g/mol. The van der Waals surface area contributed by atoms with E-state index in [4.69, 9.17) is 5.73 Å². The molecule has 25 heavy (non-hydrogen) atoms. The molecule has 3 heterocycles. The van der Waals surface area contributed by atoms with Crippen LogP contribution >= 0.6 is 11.3 Å². The first-order valence-corrected chi connectivity index (χ1v) is 9.98. The van der Waals surface area contributed by atoms with Gasteiger partial charge in [-0.05, 0) is 38.5 Å². The minimum atomic E-state index is 0.101. The molecule has 2 fully saturated rings. The van der Waals surface area contributed by atoms with Gasteiger partial charge in [0.25, 0.3) is 0 Å². The molecule has 1 aliphatic heterocycles. The monoisotopic (exact) mass is 362 g/mol. The van der Waals surface area contributed by atoms with E-state index in [2.05, 4.69) is 20.3 Å². The van der Waals surface area contributed by atoms with Crippen molar-refractivity contribution in [2.24, 2.45) is 11.7 Å². The fourth-order valence-corrected chi connectivity index (χ4v) is 4.53. The normalized spacial score (nSPS) is 24.2. The van der Waals surface area contributed by atoms with Gasteiger partial charge < -0.3 is 11.1 Å². The zero-order valence-corrected chi connectivity index (χ0v) is 15.5. The summed E-state index contributed by atoms with van der Waals surface area (Å²) in [5.74, 6) is 0.927. The molecule has 1 saturated heterocycles. The molecule has 3 N–H and O–H groups in total. The third kappa shape index (κ3) is 3.86. The molecule has 0 bridgehead atoms. The van der Waals surface area contributed by atoms with Crippen molar-refractivity contribution < 1.29 is 4.79 Å². The van der Waals surface area contributed by atoms with E-state index in [-0.39, 0.29) is 5.91 Å². The van der Waals surface area contributed by atoms with Gasteiger partial charge in [-0.25, -0.2) is 9.50 Å². The molecule has 2 atom stereocenters. The van der Waals surface area contributed by atoms with E-state index < -0.39 is 0 Å². The van der Waals surface area contributed by atoms with Crippen molar-refractivity contribution in [3.63, 3.8) is 0 Å². The fourth-order valence-electron chi connectivity index (χ4n) is 3.79. The molecule has 2 aromatic rings. The molecule has 0 aromatic carbocycles. The summed E-state index contributed by atoms with van der Waals surface area (Å²) >= 11 is 1.56. The molecule has 1 saturated carbocycles. The fraction of sp³-hybridized carbons (Fsp3) is 0.706. The lowest BCUT2D eigenvalue weighted by Gasteiger charge is -2.29. The number of amides is 1. The molecule has 8 heteroatoms. The topological polar surface area (TPSA) is 88.5 Å². The number of aromatic nitrogens is 3. The van der Waals surface area contributed by atoms with E-state index >= 15 is 0 Å². The molecule has 2 aliphatic rings. The Labute approximate surface area is 151 Å². The van der Waals surface area contributed by atoms with Gasteiger partial charge in [0.15, 0.2) is 0 Å². The second-order valence-electron chi connectivity index (χ2n) is 7.32. The van der Waals surface area contributed by atoms with Gasteiger partial charge >= 0.3 is 0 Å². The summed E-state index contributed by atoms with van der Waals surface area (Å²) in [5, 5.41) is 8.35. The van der Waals surface area contributed by atoms with Gasteiger partial charge in [0.1, 0.15) is 5.01 Å². The van der Waals surface area contributed by atoms with Crippen LogP contribution in [0.3, 0.4) is 0 Å². The quantitative estimate of drug-likeness (QED) is 0.775. The van der Waals surface area contributed by atoms with Gasteiger partial charge in [0.05, 0.1) is 18.4 Å². The summed E-state index contributed by atoms with van der Waals surface area (Å²) < 4.78 is 1.78. The van der Waals surface area contributed by atoms with E-state index in [1.807, 2.05) is 13.1 Å². The maximum absolute atomic E-state index is 12.4. The van der Waals surface area contributed by atoms with E-state index in [0.717, 1.165) is 41.0 Å². The summed E-state index contributed by atoms with van der Waals surface area (Å²) in [7, 11) is 0. The average Bonchev–Trinajstić information content (AvgIpc) is 3.06. The zero-order valence-electron chi connectivity index (χ0n) is 14.6. The number of nitrogens with one attached hydrogen (secondary N) is 1. The molecule has 4 rings (SSSR count). The second kappa shape index (κ2) is 7.01.